The molecule has 0 amide bonds. The molecule has 1 aromatic heterocycles. The maximum Gasteiger partial charge on any atom is 0.162 e. The second-order valence-corrected chi connectivity index (χ2v) is 3.65. The Labute approximate surface area is 90.0 Å². The molecule has 5 heteroatoms. The van der Waals surface area contributed by atoms with E-state index in [2.05, 4.69) is 15.4 Å². The van der Waals surface area contributed by atoms with Gasteiger partial charge in [0.1, 0.15) is 11.4 Å². The summed E-state index contributed by atoms with van der Waals surface area (Å²) in [6.07, 6.45) is 0.803. The first-order valence-electron chi connectivity index (χ1n) is 4.93. The lowest BCUT2D eigenvalue weighted by atomic mass is 10.0. The largest absolute Gasteiger partial charge is 0.371 e. The maximum atomic E-state index is 5.43. The topological polar surface area (TPSA) is 73.1 Å². The Balaban J connectivity index is 3.18. The number of ether oxygens (including phenoxy) is 1. The molecule has 15 heavy (non-hydrogen) atoms. The molecule has 0 aliphatic rings. The predicted molar refractivity (Wildman–Crippen MR) is 59.2 cm³/mol. The van der Waals surface area contributed by atoms with Crippen molar-refractivity contribution < 1.29 is 4.74 Å². The van der Waals surface area contributed by atoms with Crippen LogP contribution in [-0.2, 0) is 10.3 Å². The average molecular weight is 210 g/mol. The third-order valence-corrected chi connectivity index (χ3v) is 2.60. The molecule has 0 aliphatic heterocycles. The van der Waals surface area contributed by atoms with E-state index in [9.17, 15) is 0 Å². The number of aromatic nitrogens is 2. The summed E-state index contributed by atoms with van der Waals surface area (Å²) in [4.78, 5) is 8.66. The summed E-state index contributed by atoms with van der Waals surface area (Å²) < 4.78 is 5.43. The van der Waals surface area contributed by atoms with Crippen LogP contribution >= 0.6 is 0 Å². The summed E-state index contributed by atoms with van der Waals surface area (Å²) in [5, 5.41) is 0. The first kappa shape index (κ1) is 11.9. The zero-order valence-corrected chi connectivity index (χ0v) is 9.66. The highest BCUT2D eigenvalue weighted by molar-refractivity contribution is 5.34. The number of aryl methyl sites for hydroxylation is 1. The first-order valence-corrected chi connectivity index (χ1v) is 4.93. The fraction of sp³-hybridized carbons (Fsp3) is 0.600. The van der Waals surface area contributed by atoms with Gasteiger partial charge in [-0.15, -0.1) is 0 Å². The van der Waals surface area contributed by atoms with Gasteiger partial charge in [-0.2, -0.15) is 0 Å². The summed E-state index contributed by atoms with van der Waals surface area (Å²) in [6.45, 7) is 5.89. The smallest absolute Gasteiger partial charge is 0.162 e. The fourth-order valence-corrected chi connectivity index (χ4v) is 1.27. The van der Waals surface area contributed by atoms with Crippen LogP contribution in [0.4, 0.5) is 5.82 Å². The van der Waals surface area contributed by atoms with Crippen molar-refractivity contribution >= 4 is 5.82 Å². The molecule has 0 spiro atoms. The molecular formula is C10H18N4O. The van der Waals surface area contributed by atoms with Gasteiger partial charge in [0.25, 0.3) is 0 Å². The molecule has 0 bridgehead atoms. The second-order valence-electron chi connectivity index (χ2n) is 3.65. The van der Waals surface area contributed by atoms with E-state index in [1.165, 1.54) is 0 Å². The molecular weight excluding hydrogens is 192 g/mol. The maximum absolute atomic E-state index is 5.43. The van der Waals surface area contributed by atoms with E-state index in [0.717, 1.165) is 12.1 Å². The summed E-state index contributed by atoms with van der Waals surface area (Å²) in [6, 6.07) is 1.79. The lowest BCUT2D eigenvalue weighted by Crippen LogP contribution is -2.27. The predicted octanol–water partition coefficient (Wildman–Crippen LogP) is 1.34. The lowest BCUT2D eigenvalue weighted by Gasteiger charge is -2.25. The van der Waals surface area contributed by atoms with E-state index in [1.807, 2.05) is 20.8 Å². The highest BCUT2D eigenvalue weighted by atomic mass is 16.5. The molecule has 0 saturated carbocycles. The highest BCUT2D eigenvalue weighted by Gasteiger charge is 2.27. The molecule has 0 radical (unpaired) electrons. The van der Waals surface area contributed by atoms with E-state index < -0.39 is 5.60 Å². The van der Waals surface area contributed by atoms with Crippen LogP contribution in [0.1, 0.15) is 31.8 Å². The van der Waals surface area contributed by atoms with Gasteiger partial charge >= 0.3 is 0 Å². The zero-order valence-electron chi connectivity index (χ0n) is 9.66. The van der Waals surface area contributed by atoms with E-state index in [4.69, 9.17) is 10.6 Å². The Bertz CT molecular complexity index is 336. The van der Waals surface area contributed by atoms with Crippen molar-refractivity contribution in [2.75, 3.05) is 12.5 Å². The number of hydrazine groups is 1. The standard InChI is InChI=1S/C10H18N4O/c1-5-10(3,15-4)9-12-7(2)6-8(13-9)14-11/h6H,5,11H2,1-4H3,(H,12,13,14). The van der Waals surface area contributed by atoms with E-state index >= 15 is 0 Å². The minimum Gasteiger partial charge on any atom is -0.371 e. The van der Waals surface area contributed by atoms with Crippen molar-refractivity contribution in [3.63, 3.8) is 0 Å². The Kier molecular flexibility index (Phi) is 3.60. The Hall–Kier alpha value is -1.20. The normalized spacial score (nSPS) is 14.7. The Morgan fingerprint density at radius 2 is 2.20 bits per heavy atom. The molecule has 0 saturated heterocycles. The van der Waals surface area contributed by atoms with Crippen LogP contribution in [0.3, 0.4) is 0 Å². The number of nitrogens with zero attached hydrogens (tertiary/aromatic N) is 2. The van der Waals surface area contributed by atoms with Crippen molar-refractivity contribution in [3.05, 3.63) is 17.6 Å². The van der Waals surface area contributed by atoms with Gasteiger partial charge in [0.05, 0.1) is 0 Å². The number of nitrogens with two attached hydrogens (primary N) is 1. The number of nitrogen functional groups attached to an aromatic ring is 1. The summed E-state index contributed by atoms with van der Waals surface area (Å²) in [7, 11) is 1.66. The van der Waals surface area contributed by atoms with Gasteiger partial charge in [0, 0.05) is 18.9 Å². The van der Waals surface area contributed by atoms with Crippen molar-refractivity contribution in [2.45, 2.75) is 32.8 Å². The van der Waals surface area contributed by atoms with E-state index in [1.54, 1.807) is 13.2 Å². The van der Waals surface area contributed by atoms with Crippen LogP contribution in [0.2, 0.25) is 0 Å². The number of methoxy groups -OCH3 is 1. The molecule has 1 atom stereocenters. The molecule has 1 rings (SSSR count). The zero-order chi connectivity index (χ0) is 11.5. The molecule has 5 nitrogen and oxygen atoms in total. The molecule has 84 valence electrons. The number of nitrogens with one attached hydrogen (secondary N) is 1. The number of anilines is 1. The molecule has 0 fully saturated rings. The van der Waals surface area contributed by atoms with Gasteiger partial charge in [-0.25, -0.2) is 15.8 Å². The van der Waals surface area contributed by atoms with Gasteiger partial charge in [0.15, 0.2) is 5.82 Å². The third-order valence-electron chi connectivity index (χ3n) is 2.60. The van der Waals surface area contributed by atoms with Gasteiger partial charge in [0.2, 0.25) is 0 Å². The highest BCUT2D eigenvalue weighted by Crippen LogP contribution is 2.25. The molecule has 1 unspecified atom stereocenters. The number of rotatable bonds is 4. The SMILES string of the molecule is CCC(C)(OC)c1nc(C)cc(NN)n1. The number of hydrogen-bond acceptors (Lipinski definition) is 5. The Morgan fingerprint density at radius 3 is 2.67 bits per heavy atom. The van der Waals surface area contributed by atoms with Crippen LogP contribution in [-0.4, -0.2) is 17.1 Å². The summed E-state index contributed by atoms with van der Waals surface area (Å²) >= 11 is 0. The van der Waals surface area contributed by atoms with Gasteiger partial charge in [-0.1, -0.05) is 6.92 Å². The van der Waals surface area contributed by atoms with E-state index in [-0.39, 0.29) is 0 Å². The second kappa shape index (κ2) is 4.55. The molecule has 0 aliphatic carbocycles. The fourth-order valence-electron chi connectivity index (χ4n) is 1.27. The van der Waals surface area contributed by atoms with Crippen molar-refractivity contribution in [3.8, 4) is 0 Å². The number of hydrogen-bond donors (Lipinski definition) is 2. The summed E-state index contributed by atoms with van der Waals surface area (Å²) in [5.41, 5.74) is 2.93. The minimum absolute atomic E-state index is 0.461. The van der Waals surface area contributed by atoms with Crippen LogP contribution in [0.25, 0.3) is 0 Å². The first-order chi connectivity index (χ1) is 7.05. The molecule has 1 heterocycles. The van der Waals surface area contributed by atoms with E-state index in [0.29, 0.717) is 11.6 Å². The van der Waals surface area contributed by atoms with Gasteiger partial charge in [-0.3, -0.25) is 0 Å². The molecule has 0 aromatic carbocycles. The Morgan fingerprint density at radius 1 is 1.53 bits per heavy atom. The van der Waals surface area contributed by atoms with Crippen LogP contribution < -0.4 is 11.3 Å². The van der Waals surface area contributed by atoms with Crippen molar-refractivity contribution in [1.29, 1.82) is 0 Å². The molecule has 3 N–H and O–H groups in total. The average Bonchev–Trinajstić information content (AvgIpc) is 2.27. The quantitative estimate of drug-likeness (QED) is 0.579. The van der Waals surface area contributed by atoms with Gasteiger partial charge < -0.3 is 10.2 Å². The minimum atomic E-state index is -0.461. The van der Waals surface area contributed by atoms with Crippen molar-refractivity contribution in [2.24, 2.45) is 5.84 Å². The third kappa shape index (κ3) is 2.43. The summed E-state index contributed by atoms with van der Waals surface area (Å²) in [5.74, 6) is 6.59. The van der Waals surface area contributed by atoms with Crippen LogP contribution in [0, 0.1) is 6.92 Å². The van der Waals surface area contributed by atoms with Gasteiger partial charge in [-0.05, 0) is 20.3 Å². The molecule has 1 aromatic rings. The monoisotopic (exact) mass is 210 g/mol. The lowest BCUT2D eigenvalue weighted by molar-refractivity contribution is -0.00899. The van der Waals surface area contributed by atoms with Crippen LogP contribution in [0.15, 0.2) is 6.07 Å². The van der Waals surface area contributed by atoms with Crippen LogP contribution in [0.5, 0.6) is 0 Å². The van der Waals surface area contributed by atoms with Crippen molar-refractivity contribution in [1.82, 2.24) is 9.97 Å².